The van der Waals surface area contributed by atoms with Crippen molar-refractivity contribution in [3.8, 4) is 0 Å². The molecule has 15 heavy (non-hydrogen) atoms. The number of hydrazine groups is 1. The largest absolute Gasteiger partial charge is 0.271 e. The Bertz CT molecular complexity index is 289. The fraction of sp³-hybridized carbons (Fsp3) is 0.500. The minimum Gasteiger partial charge on any atom is -0.271 e. The Morgan fingerprint density at radius 2 is 2.13 bits per heavy atom. The van der Waals surface area contributed by atoms with Crippen molar-refractivity contribution < 1.29 is 0 Å². The van der Waals surface area contributed by atoms with Crippen molar-refractivity contribution in [2.45, 2.75) is 38.6 Å². The molecule has 0 saturated heterocycles. The first-order chi connectivity index (χ1) is 7.27. The SMILES string of the molecule is CCCCC(Cc1ccccc1Cl)NN. The second kappa shape index (κ2) is 6.83. The average Bonchev–Trinajstić information content (AvgIpc) is 2.26. The predicted octanol–water partition coefficient (Wildman–Crippen LogP) is 2.90. The highest BCUT2D eigenvalue weighted by molar-refractivity contribution is 6.31. The van der Waals surface area contributed by atoms with Gasteiger partial charge in [-0.25, -0.2) is 0 Å². The molecule has 0 amide bonds. The number of hydrogen-bond donors (Lipinski definition) is 2. The molecule has 3 heteroatoms. The van der Waals surface area contributed by atoms with E-state index >= 15 is 0 Å². The summed E-state index contributed by atoms with van der Waals surface area (Å²) in [6, 6.07) is 8.25. The molecular weight excluding hydrogens is 208 g/mol. The van der Waals surface area contributed by atoms with Gasteiger partial charge in [-0.15, -0.1) is 0 Å². The molecule has 0 fully saturated rings. The lowest BCUT2D eigenvalue weighted by molar-refractivity contribution is 0.473. The summed E-state index contributed by atoms with van der Waals surface area (Å²) < 4.78 is 0. The number of unbranched alkanes of at least 4 members (excludes halogenated alkanes) is 1. The quantitative estimate of drug-likeness (QED) is 0.578. The molecule has 1 aromatic rings. The van der Waals surface area contributed by atoms with Gasteiger partial charge in [0, 0.05) is 11.1 Å². The molecule has 1 aromatic carbocycles. The first-order valence-electron chi connectivity index (χ1n) is 5.47. The summed E-state index contributed by atoms with van der Waals surface area (Å²) in [4.78, 5) is 0. The maximum Gasteiger partial charge on any atom is 0.0438 e. The van der Waals surface area contributed by atoms with Gasteiger partial charge in [-0.2, -0.15) is 0 Å². The van der Waals surface area contributed by atoms with Crippen LogP contribution in [0.4, 0.5) is 0 Å². The van der Waals surface area contributed by atoms with E-state index in [1.165, 1.54) is 18.4 Å². The van der Waals surface area contributed by atoms with Crippen molar-refractivity contribution >= 4 is 11.6 Å². The van der Waals surface area contributed by atoms with E-state index < -0.39 is 0 Å². The van der Waals surface area contributed by atoms with Crippen molar-refractivity contribution in [2.75, 3.05) is 0 Å². The fourth-order valence-corrected chi connectivity index (χ4v) is 1.84. The highest BCUT2D eigenvalue weighted by Crippen LogP contribution is 2.17. The molecule has 0 aliphatic carbocycles. The van der Waals surface area contributed by atoms with Gasteiger partial charge in [-0.3, -0.25) is 11.3 Å². The van der Waals surface area contributed by atoms with Crippen LogP contribution >= 0.6 is 11.6 Å². The minimum absolute atomic E-state index is 0.324. The van der Waals surface area contributed by atoms with Crippen LogP contribution in [0.1, 0.15) is 31.7 Å². The monoisotopic (exact) mass is 226 g/mol. The lowest BCUT2D eigenvalue weighted by Crippen LogP contribution is -2.36. The molecule has 0 bridgehead atoms. The maximum absolute atomic E-state index is 6.09. The van der Waals surface area contributed by atoms with E-state index in [4.69, 9.17) is 17.4 Å². The van der Waals surface area contributed by atoms with Gasteiger partial charge < -0.3 is 0 Å². The molecule has 0 radical (unpaired) electrons. The van der Waals surface area contributed by atoms with E-state index in [0.717, 1.165) is 17.9 Å². The summed E-state index contributed by atoms with van der Waals surface area (Å²) in [6.45, 7) is 2.18. The summed E-state index contributed by atoms with van der Waals surface area (Å²) >= 11 is 6.09. The van der Waals surface area contributed by atoms with Gasteiger partial charge in [0.2, 0.25) is 0 Å². The molecule has 1 unspecified atom stereocenters. The summed E-state index contributed by atoms with van der Waals surface area (Å²) in [5.41, 5.74) is 4.02. The number of nitrogens with two attached hydrogens (primary N) is 1. The summed E-state index contributed by atoms with van der Waals surface area (Å²) in [5.74, 6) is 5.52. The topological polar surface area (TPSA) is 38.0 Å². The van der Waals surface area contributed by atoms with Crippen molar-refractivity contribution in [2.24, 2.45) is 5.84 Å². The first kappa shape index (κ1) is 12.5. The average molecular weight is 227 g/mol. The van der Waals surface area contributed by atoms with E-state index in [2.05, 4.69) is 18.4 Å². The highest BCUT2D eigenvalue weighted by Gasteiger charge is 2.08. The van der Waals surface area contributed by atoms with Crippen LogP contribution in [-0.4, -0.2) is 6.04 Å². The van der Waals surface area contributed by atoms with Gasteiger partial charge in [0.1, 0.15) is 0 Å². The van der Waals surface area contributed by atoms with E-state index in [0.29, 0.717) is 6.04 Å². The third kappa shape index (κ3) is 4.20. The van der Waals surface area contributed by atoms with E-state index in [1.54, 1.807) is 0 Å². The third-order valence-corrected chi connectivity index (χ3v) is 2.93. The second-order valence-corrected chi connectivity index (χ2v) is 4.21. The predicted molar refractivity (Wildman–Crippen MR) is 65.8 cm³/mol. The molecule has 1 rings (SSSR count). The number of benzene rings is 1. The van der Waals surface area contributed by atoms with Crippen LogP contribution in [0.25, 0.3) is 0 Å². The van der Waals surface area contributed by atoms with Crippen LogP contribution in [0.3, 0.4) is 0 Å². The Labute approximate surface area is 96.8 Å². The van der Waals surface area contributed by atoms with Crippen molar-refractivity contribution in [3.63, 3.8) is 0 Å². The highest BCUT2D eigenvalue weighted by atomic mass is 35.5. The summed E-state index contributed by atoms with van der Waals surface area (Å²) in [5, 5.41) is 0.828. The van der Waals surface area contributed by atoms with Crippen molar-refractivity contribution in [3.05, 3.63) is 34.9 Å². The third-order valence-electron chi connectivity index (χ3n) is 2.57. The number of hydrogen-bond acceptors (Lipinski definition) is 2. The molecule has 0 heterocycles. The lowest BCUT2D eigenvalue weighted by Gasteiger charge is -2.16. The molecular formula is C12H19ClN2. The van der Waals surface area contributed by atoms with Crippen molar-refractivity contribution in [1.29, 1.82) is 0 Å². The van der Waals surface area contributed by atoms with Crippen LogP contribution in [-0.2, 0) is 6.42 Å². The van der Waals surface area contributed by atoms with E-state index in [9.17, 15) is 0 Å². The molecule has 0 aromatic heterocycles. The Morgan fingerprint density at radius 3 is 2.73 bits per heavy atom. The van der Waals surface area contributed by atoms with Crippen LogP contribution in [0.2, 0.25) is 5.02 Å². The molecule has 0 aliphatic heterocycles. The Balaban J connectivity index is 2.54. The zero-order valence-corrected chi connectivity index (χ0v) is 9.93. The van der Waals surface area contributed by atoms with E-state index in [-0.39, 0.29) is 0 Å². The minimum atomic E-state index is 0.324. The maximum atomic E-state index is 6.09. The van der Waals surface area contributed by atoms with Gasteiger partial charge in [-0.1, -0.05) is 49.6 Å². The molecule has 0 aliphatic rings. The smallest absolute Gasteiger partial charge is 0.0438 e. The summed E-state index contributed by atoms with van der Waals surface area (Å²) in [7, 11) is 0. The van der Waals surface area contributed by atoms with Gasteiger partial charge in [-0.05, 0) is 24.5 Å². The lowest BCUT2D eigenvalue weighted by atomic mass is 10.0. The number of nitrogens with one attached hydrogen (secondary N) is 1. The second-order valence-electron chi connectivity index (χ2n) is 3.80. The Morgan fingerprint density at radius 1 is 1.40 bits per heavy atom. The van der Waals surface area contributed by atoms with Gasteiger partial charge >= 0.3 is 0 Å². The Kier molecular flexibility index (Phi) is 5.69. The van der Waals surface area contributed by atoms with Crippen LogP contribution in [0, 0.1) is 0 Å². The number of halogens is 1. The zero-order valence-electron chi connectivity index (χ0n) is 9.17. The standard InChI is InChI=1S/C12H19ClN2/c1-2-3-7-11(15-14)9-10-6-4-5-8-12(10)13/h4-6,8,11,15H,2-3,7,9,14H2,1H3. The first-order valence-corrected chi connectivity index (χ1v) is 5.85. The normalized spacial score (nSPS) is 12.7. The molecule has 0 spiro atoms. The van der Waals surface area contributed by atoms with Crippen LogP contribution < -0.4 is 11.3 Å². The van der Waals surface area contributed by atoms with Gasteiger partial charge in [0.15, 0.2) is 0 Å². The van der Waals surface area contributed by atoms with E-state index in [1.807, 2.05) is 18.2 Å². The molecule has 2 nitrogen and oxygen atoms in total. The molecule has 84 valence electrons. The molecule has 1 atom stereocenters. The molecule has 3 N–H and O–H groups in total. The molecule has 0 saturated carbocycles. The van der Waals surface area contributed by atoms with Gasteiger partial charge in [0.25, 0.3) is 0 Å². The van der Waals surface area contributed by atoms with Crippen molar-refractivity contribution in [1.82, 2.24) is 5.43 Å². The van der Waals surface area contributed by atoms with Crippen LogP contribution in [0.15, 0.2) is 24.3 Å². The zero-order chi connectivity index (χ0) is 11.1. The Hall–Kier alpha value is -0.570. The van der Waals surface area contributed by atoms with Gasteiger partial charge in [0.05, 0.1) is 0 Å². The van der Waals surface area contributed by atoms with Crippen LogP contribution in [0.5, 0.6) is 0 Å². The number of rotatable bonds is 6. The summed E-state index contributed by atoms with van der Waals surface area (Å²) in [6.07, 6.45) is 4.38. The fourth-order valence-electron chi connectivity index (χ4n) is 1.62.